The van der Waals surface area contributed by atoms with Gasteiger partial charge in [0, 0.05) is 26.6 Å². The van der Waals surface area contributed by atoms with Crippen LogP contribution in [-0.2, 0) is 9.47 Å². The van der Waals surface area contributed by atoms with Gasteiger partial charge >= 0.3 is 0 Å². The van der Waals surface area contributed by atoms with Gasteiger partial charge < -0.3 is 14.2 Å². The number of ether oxygens (including phenoxy) is 3. The molecule has 0 spiro atoms. The average Bonchev–Trinajstić information content (AvgIpc) is 3.05. The molecule has 8 aliphatic heterocycles. The van der Waals surface area contributed by atoms with E-state index in [9.17, 15) is 0 Å². The Hall–Kier alpha value is -0.360. The maximum atomic E-state index is 6.31. The first kappa shape index (κ1) is 30.5. The molecule has 0 amide bonds. The third kappa shape index (κ3) is 5.36. The molecule has 0 N–H and O–H groups in total. The molecule has 46 heavy (non-hydrogen) atoms. The Morgan fingerprint density at radius 3 is 1.76 bits per heavy atom. The first-order valence-electron chi connectivity index (χ1n) is 19.9. The molecule has 10 bridgehead atoms. The van der Waals surface area contributed by atoms with Gasteiger partial charge in [0.2, 0.25) is 0 Å². The zero-order valence-corrected chi connectivity index (χ0v) is 30.0. The lowest BCUT2D eigenvalue weighted by Crippen LogP contribution is -2.50. The number of thioether (sulfide) groups is 2. The molecule has 4 saturated carbocycles. The van der Waals surface area contributed by atoms with Crippen molar-refractivity contribution in [1.82, 2.24) is 0 Å². The van der Waals surface area contributed by atoms with Gasteiger partial charge in [-0.2, -0.15) is 23.5 Å². The van der Waals surface area contributed by atoms with E-state index in [1.807, 2.05) is 0 Å². The Morgan fingerprint density at radius 1 is 0.652 bits per heavy atom. The fraction of sp³-hybridized carbons (Fsp3) is 0.854. The van der Waals surface area contributed by atoms with Gasteiger partial charge in [0.25, 0.3) is 0 Å². The first-order chi connectivity index (χ1) is 22.5. The van der Waals surface area contributed by atoms with Crippen LogP contribution < -0.4 is 4.74 Å². The van der Waals surface area contributed by atoms with Crippen LogP contribution in [-0.4, -0.2) is 45.4 Å². The van der Waals surface area contributed by atoms with Gasteiger partial charge in [0.15, 0.2) is 0 Å². The predicted molar refractivity (Wildman–Crippen MR) is 190 cm³/mol. The normalized spacial score (nSPS) is 45.6. The molecule has 1 aromatic carbocycles. The van der Waals surface area contributed by atoms with Gasteiger partial charge in [-0.1, -0.05) is 32.8 Å². The first-order valence-corrected chi connectivity index (χ1v) is 21.8. The topological polar surface area (TPSA) is 27.7 Å². The van der Waals surface area contributed by atoms with Crippen LogP contribution in [0, 0.1) is 47.3 Å². The van der Waals surface area contributed by atoms with Gasteiger partial charge in [-0.3, -0.25) is 0 Å². The van der Waals surface area contributed by atoms with E-state index in [-0.39, 0.29) is 0 Å². The van der Waals surface area contributed by atoms with E-state index >= 15 is 0 Å². The number of fused-ring (bicyclic) bond motifs is 10. The Kier molecular flexibility index (Phi) is 8.05. The van der Waals surface area contributed by atoms with E-state index in [2.05, 4.69) is 55.6 Å². The molecule has 4 aliphatic carbocycles. The highest BCUT2D eigenvalue weighted by Crippen LogP contribution is 2.59. The van der Waals surface area contributed by atoms with Crippen LogP contribution in [0.3, 0.4) is 0 Å². The lowest BCUT2D eigenvalue weighted by atomic mass is 9.60. The lowest BCUT2D eigenvalue weighted by Gasteiger charge is -2.54. The highest BCUT2D eigenvalue weighted by molar-refractivity contribution is 8.02. The minimum atomic E-state index is 0.540. The van der Waals surface area contributed by atoms with Crippen molar-refractivity contribution in [2.24, 2.45) is 47.3 Å². The molecular formula is C41H58O3S2. The summed E-state index contributed by atoms with van der Waals surface area (Å²) in [5.74, 6) is 10.1. The molecule has 5 heteroatoms. The van der Waals surface area contributed by atoms with Crippen molar-refractivity contribution in [2.75, 3.05) is 0 Å². The minimum absolute atomic E-state index is 0.540. The van der Waals surface area contributed by atoms with Crippen molar-refractivity contribution in [2.45, 2.75) is 168 Å². The van der Waals surface area contributed by atoms with Crippen LogP contribution in [0.15, 0.2) is 18.2 Å². The van der Waals surface area contributed by atoms with E-state index in [4.69, 9.17) is 14.2 Å². The van der Waals surface area contributed by atoms with Crippen molar-refractivity contribution in [3.63, 3.8) is 0 Å². The van der Waals surface area contributed by atoms with Crippen LogP contribution in [0.1, 0.15) is 128 Å². The number of rotatable bonds is 13. The highest BCUT2D eigenvalue weighted by Gasteiger charge is 2.51. The summed E-state index contributed by atoms with van der Waals surface area (Å²) in [6.07, 6.45) is 24.9. The van der Waals surface area contributed by atoms with Gasteiger partial charge in [-0.25, -0.2) is 0 Å². The molecule has 13 atom stereocenters. The summed E-state index contributed by atoms with van der Waals surface area (Å²) in [5, 5.41) is 3.93. The minimum Gasteiger partial charge on any atom is -0.456 e. The largest absolute Gasteiger partial charge is 0.456 e. The third-order valence-corrected chi connectivity index (χ3v) is 18.8. The van der Waals surface area contributed by atoms with Crippen molar-refractivity contribution in [3.05, 3.63) is 23.8 Å². The fourth-order valence-corrected chi connectivity index (χ4v) is 16.8. The molecule has 11 fully saturated rings. The van der Waals surface area contributed by atoms with Crippen LogP contribution >= 0.6 is 23.5 Å². The van der Waals surface area contributed by atoms with Crippen molar-refractivity contribution >= 4 is 23.5 Å². The highest BCUT2D eigenvalue weighted by atomic mass is 32.2. The fourth-order valence-electron chi connectivity index (χ4n) is 13.1. The summed E-state index contributed by atoms with van der Waals surface area (Å²) in [5.41, 5.74) is 1.58. The second-order valence-electron chi connectivity index (χ2n) is 18.0. The Bertz CT molecular complexity index is 1200. The summed E-state index contributed by atoms with van der Waals surface area (Å²) in [7, 11) is 0. The number of benzene rings is 1. The second-order valence-corrected chi connectivity index (χ2v) is 21.0. The van der Waals surface area contributed by atoms with Crippen LogP contribution in [0.4, 0.5) is 0 Å². The zero-order chi connectivity index (χ0) is 30.5. The van der Waals surface area contributed by atoms with E-state index in [1.165, 1.54) is 114 Å². The monoisotopic (exact) mass is 662 g/mol. The lowest BCUT2D eigenvalue weighted by molar-refractivity contribution is -0.185. The molecule has 0 aromatic heterocycles. The van der Waals surface area contributed by atoms with Crippen LogP contribution in [0.5, 0.6) is 11.5 Å². The molecule has 8 heterocycles. The molecule has 7 saturated heterocycles. The molecule has 3 nitrogen and oxygen atoms in total. The molecule has 0 radical (unpaired) electrons. The Balaban J connectivity index is 0.921. The molecule has 13 rings (SSSR count). The second kappa shape index (κ2) is 12.2. The Morgan fingerprint density at radius 2 is 1.20 bits per heavy atom. The SMILES string of the molecule is C[C@@H](CC[C@H](C1CC2CC(C1)S2)[C@@H](CC[C@H](c1c2cccc1O2)[C@@H](C)C1CC2CC(C1)O2)C1CC2CC(C1)O2)C1C2CCCC1S2. The summed E-state index contributed by atoms with van der Waals surface area (Å²) in [6, 6.07) is 6.70. The maximum Gasteiger partial charge on any atom is 0.134 e. The summed E-state index contributed by atoms with van der Waals surface area (Å²) in [6.45, 7) is 5.28. The molecular weight excluding hydrogens is 605 g/mol. The molecule has 1 aromatic rings. The summed E-state index contributed by atoms with van der Waals surface area (Å²) < 4.78 is 18.6. The van der Waals surface area contributed by atoms with E-state index in [0.29, 0.717) is 36.3 Å². The van der Waals surface area contributed by atoms with E-state index < -0.39 is 0 Å². The van der Waals surface area contributed by atoms with Crippen molar-refractivity contribution < 1.29 is 14.2 Å². The van der Waals surface area contributed by atoms with Gasteiger partial charge in [-0.15, -0.1) is 0 Å². The predicted octanol–water partition coefficient (Wildman–Crippen LogP) is 10.6. The number of hydrogen-bond donors (Lipinski definition) is 0. The van der Waals surface area contributed by atoms with Crippen molar-refractivity contribution in [1.29, 1.82) is 0 Å². The zero-order valence-electron chi connectivity index (χ0n) is 28.4. The molecule has 252 valence electrons. The molecule has 12 aliphatic rings. The van der Waals surface area contributed by atoms with Crippen LogP contribution in [0.2, 0.25) is 0 Å². The average molecular weight is 663 g/mol. The van der Waals surface area contributed by atoms with E-state index in [0.717, 1.165) is 62.4 Å². The van der Waals surface area contributed by atoms with Gasteiger partial charge in [0.05, 0.1) is 24.4 Å². The molecule has 8 unspecified atom stereocenters. The quantitative estimate of drug-likeness (QED) is 0.213. The Labute approximate surface area is 287 Å². The van der Waals surface area contributed by atoms with Crippen LogP contribution in [0.25, 0.3) is 0 Å². The number of hydrogen-bond acceptors (Lipinski definition) is 5. The smallest absolute Gasteiger partial charge is 0.134 e. The van der Waals surface area contributed by atoms with E-state index in [1.54, 1.807) is 5.56 Å². The van der Waals surface area contributed by atoms with Gasteiger partial charge in [-0.05, 0) is 155 Å². The van der Waals surface area contributed by atoms with Gasteiger partial charge in [0.1, 0.15) is 11.5 Å². The third-order valence-electron chi connectivity index (χ3n) is 15.5. The summed E-state index contributed by atoms with van der Waals surface area (Å²) >= 11 is 4.70. The standard InChI is InChI=1S/C41H58O3S2/c1-22(40-38-7-4-8-39(40)46-38)9-10-34(26-17-31-21-32(18-26)45-31)35(25-15-29-20-30(16-25)43-29)12-11-33(41-36-5-3-6-37(41)44-36)23(2)24-13-27-19-28(14-24)42-27/h3,5-6,22-35,38-40H,4,7-21H2,1-2H3/t22-,23-,24?,25?,26?,27?,28?,29?,30?,31?,32?,33-,34+,35-,38?,39?,40?/m0/s1. The van der Waals surface area contributed by atoms with Crippen molar-refractivity contribution in [3.8, 4) is 11.5 Å². The summed E-state index contributed by atoms with van der Waals surface area (Å²) in [4.78, 5) is 0. The maximum absolute atomic E-state index is 6.31.